The third-order valence-corrected chi connectivity index (χ3v) is 4.72. The monoisotopic (exact) mass is 298 g/mol. The number of nitrogen functional groups attached to an aromatic ring is 1. The summed E-state index contributed by atoms with van der Waals surface area (Å²) >= 11 is 1.37. The summed E-state index contributed by atoms with van der Waals surface area (Å²) in [4.78, 5) is 14.6. The Hall–Kier alpha value is -1.43. The summed E-state index contributed by atoms with van der Waals surface area (Å²) in [6.07, 6.45) is 2.39. The Morgan fingerprint density at radius 3 is 2.90 bits per heavy atom. The summed E-state index contributed by atoms with van der Waals surface area (Å²) in [6.45, 7) is 6.31. The highest BCUT2D eigenvalue weighted by molar-refractivity contribution is 7.19. The highest BCUT2D eigenvalue weighted by atomic mass is 32.1. The number of thiophene rings is 1. The van der Waals surface area contributed by atoms with Gasteiger partial charge in [-0.1, -0.05) is 6.92 Å². The second kappa shape index (κ2) is 6.35. The second-order valence-corrected chi connectivity index (χ2v) is 6.10. The topological polar surface area (TPSA) is 64.8 Å². The summed E-state index contributed by atoms with van der Waals surface area (Å²) in [7, 11) is 1.59. The first-order chi connectivity index (χ1) is 9.58. The summed E-state index contributed by atoms with van der Waals surface area (Å²) in [5.74, 6) is 0.875. The van der Waals surface area contributed by atoms with Crippen LogP contribution >= 0.6 is 11.3 Å². The van der Waals surface area contributed by atoms with E-state index in [2.05, 4.69) is 11.8 Å². The van der Waals surface area contributed by atoms with Crippen molar-refractivity contribution in [3.05, 3.63) is 4.88 Å². The van der Waals surface area contributed by atoms with Crippen LogP contribution in [-0.2, 0) is 4.74 Å². The molecule has 1 saturated heterocycles. The second-order valence-electron chi connectivity index (χ2n) is 5.10. The van der Waals surface area contributed by atoms with Gasteiger partial charge < -0.3 is 20.1 Å². The minimum absolute atomic E-state index is 0.342. The molecule has 1 atom stereocenters. The fraction of sp³-hybridized carbons (Fsp3) is 0.643. The van der Waals surface area contributed by atoms with Crippen molar-refractivity contribution in [2.45, 2.75) is 26.7 Å². The number of carbonyl (C=O) groups is 1. The number of methoxy groups -OCH3 is 1. The van der Waals surface area contributed by atoms with E-state index in [-0.39, 0.29) is 5.97 Å². The molecule has 1 aliphatic rings. The molecule has 1 unspecified atom stereocenters. The molecule has 0 aliphatic carbocycles. The van der Waals surface area contributed by atoms with Gasteiger partial charge in [0.05, 0.1) is 13.7 Å². The number of anilines is 2. The SMILES string of the molecule is CCOC(=O)c1sc(N2CCCC(C)C2)c(OC)c1N. The van der Waals surface area contributed by atoms with Crippen LogP contribution in [0, 0.1) is 5.92 Å². The Labute approximate surface area is 123 Å². The van der Waals surface area contributed by atoms with Crippen LogP contribution in [0.4, 0.5) is 10.7 Å². The van der Waals surface area contributed by atoms with Crippen LogP contribution < -0.4 is 15.4 Å². The maximum Gasteiger partial charge on any atom is 0.350 e. The lowest BCUT2D eigenvalue weighted by atomic mass is 10.0. The molecule has 20 heavy (non-hydrogen) atoms. The third kappa shape index (κ3) is 2.85. The fourth-order valence-corrected chi connectivity index (χ4v) is 3.66. The van der Waals surface area contributed by atoms with Gasteiger partial charge in [0.25, 0.3) is 0 Å². The Bertz CT molecular complexity index is 487. The highest BCUT2D eigenvalue weighted by Crippen LogP contribution is 2.46. The molecule has 2 rings (SSSR count). The molecule has 5 nitrogen and oxygen atoms in total. The zero-order valence-electron chi connectivity index (χ0n) is 12.3. The van der Waals surface area contributed by atoms with Crippen LogP contribution in [-0.4, -0.2) is 32.8 Å². The predicted molar refractivity (Wildman–Crippen MR) is 81.9 cm³/mol. The number of esters is 1. The number of carbonyl (C=O) groups excluding carboxylic acids is 1. The van der Waals surface area contributed by atoms with Gasteiger partial charge in [-0.2, -0.15) is 0 Å². The van der Waals surface area contributed by atoms with E-state index in [1.807, 2.05) is 0 Å². The molecule has 112 valence electrons. The predicted octanol–water partition coefficient (Wildman–Crippen LogP) is 2.75. The summed E-state index contributed by atoms with van der Waals surface area (Å²) < 4.78 is 10.5. The number of ether oxygens (including phenoxy) is 2. The molecule has 0 amide bonds. The fourth-order valence-electron chi connectivity index (χ4n) is 2.54. The van der Waals surface area contributed by atoms with Crippen molar-refractivity contribution < 1.29 is 14.3 Å². The first kappa shape index (κ1) is 15.0. The largest absolute Gasteiger partial charge is 0.492 e. The highest BCUT2D eigenvalue weighted by Gasteiger charge is 2.28. The van der Waals surface area contributed by atoms with Crippen molar-refractivity contribution in [2.75, 3.05) is 37.4 Å². The van der Waals surface area contributed by atoms with Crippen molar-refractivity contribution >= 4 is 28.0 Å². The van der Waals surface area contributed by atoms with E-state index in [1.54, 1.807) is 14.0 Å². The normalized spacial score (nSPS) is 18.9. The van der Waals surface area contributed by atoms with E-state index >= 15 is 0 Å². The molecule has 1 fully saturated rings. The van der Waals surface area contributed by atoms with E-state index < -0.39 is 0 Å². The van der Waals surface area contributed by atoms with Crippen LogP contribution in [0.2, 0.25) is 0 Å². The Morgan fingerprint density at radius 2 is 2.30 bits per heavy atom. The zero-order chi connectivity index (χ0) is 14.7. The van der Waals surface area contributed by atoms with Gasteiger partial charge >= 0.3 is 5.97 Å². The van der Waals surface area contributed by atoms with Gasteiger partial charge in [-0.3, -0.25) is 0 Å². The van der Waals surface area contributed by atoms with E-state index in [1.165, 1.54) is 17.8 Å². The number of hydrogen-bond donors (Lipinski definition) is 1. The zero-order valence-corrected chi connectivity index (χ0v) is 13.1. The molecule has 0 radical (unpaired) electrons. The third-order valence-electron chi connectivity index (χ3n) is 3.49. The number of nitrogens with zero attached hydrogens (tertiary/aromatic N) is 1. The van der Waals surface area contributed by atoms with Crippen molar-refractivity contribution in [3.8, 4) is 5.75 Å². The maximum absolute atomic E-state index is 11.9. The molecule has 0 saturated carbocycles. The van der Waals surface area contributed by atoms with Crippen molar-refractivity contribution in [3.63, 3.8) is 0 Å². The first-order valence-corrected chi connectivity index (χ1v) is 7.78. The summed E-state index contributed by atoms with van der Waals surface area (Å²) in [5, 5.41) is 0.944. The number of piperidine rings is 1. The van der Waals surface area contributed by atoms with Gasteiger partial charge in [0, 0.05) is 13.1 Å². The molecule has 0 aromatic carbocycles. The van der Waals surface area contributed by atoms with Crippen LogP contribution in [0.3, 0.4) is 0 Å². The Kier molecular flexibility index (Phi) is 4.75. The molecule has 2 N–H and O–H groups in total. The number of hydrogen-bond acceptors (Lipinski definition) is 6. The maximum atomic E-state index is 11.9. The van der Waals surface area contributed by atoms with Crippen LogP contribution in [0.15, 0.2) is 0 Å². The van der Waals surface area contributed by atoms with Gasteiger partial charge in [0.15, 0.2) is 5.75 Å². The van der Waals surface area contributed by atoms with E-state index in [4.69, 9.17) is 15.2 Å². The number of nitrogens with two attached hydrogens (primary N) is 1. The van der Waals surface area contributed by atoms with Crippen LogP contribution in [0.25, 0.3) is 0 Å². The van der Waals surface area contributed by atoms with Gasteiger partial charge in [0.1, 0.15) is 15.6 Å². The minimum Gasteiger partial charge on any atom is -0.492 e. The van der Waals surface area contributed by atoms with E-state index in [0.29, 0.717) is 28.8 Å². The molecule has 1 aromatic rings. The molecular formula is C14H22N2O3S. The number of rotatable bonds is 4. The standard InChI is InChI=1S/C14H22N2O3S/c1-4-19-14(17)12-10(15)11(18-3)13(20-12)16-7-5-6-9(2)8-16/h9H,4-8,15H2,1-3H3. The first-order valence-electron chi connectivity index (χ1n) is 6.96. The molecule has 1 aromatic heterocycles. The Balaban J connectivity index is 2.32. The molecule has 6 heteroatoms. The molecule has 0 spiro atoms. The smallest absolute Gasteiger partial charge is 0.350 e. The van der Waals surface area contributed by atoms with Gasteiger partial charge in [-0.15, -0.1) is 11.3 Å². The van der Waals surface area contributed by atoms with E-state index in [0.717, 1.165) is 24.5 Å². The average molecular weight is 298 g/mol. The average Bonchev–Trinajstić information content (AvgIpc) is 2.76. The Morgan fingerprint density at radius 1 is 1.55 bits per heavy atom. The molecule has 2 heterocycles. The van der Waals surface area contributed by atoms with Crippen LogP contribution in [0.1, 0.15) is 36.4 Å². The molecule has 1 aliphatic heterocycles. The lowest BCUT2D eigenvalue weighted by Crippen LogP contribution is -2.33. The van der Waals surface area contributed by atoms with Gasteiger partial charge in [-0.25, -0.2) is 4.79 Å². The van der Waals surface area contributed by atoms with Gasteiger partial charge in [-0.05, 0) is 25.7 Å². The minimum atomic E-state index is -0.371. The van der Waals surface area contributed by atoms with Crippen molar-refractivity contribution in [1.29, 1.82) is 0 Å². The quantitative estimate of drug-likeness (QED) is 0.866. The summed E-state index contributed by atoms with van der Waals surface area (Å²) in [6, 6.07) is 0. The lowest BCUT2D eigenvalue weighted by Gasteiger charge is -2.32. The van der Waals surface area contributed by atoms with E-state index in [9.17, 15) is 4.79 Å². The van der Waals surface area contributed by atoms with Crippen molar-refractivity contribution in [1.82, 2.24) is 0 Å². The molecule has 0 bridgehead atoms. The van der Waals surface area contributed by atoms with Gasteiger partial charge in [0.2, 0.25) is 0 Å². The van der Waals surface area contributed by atoms with Crippen molar-refractivity contribution in [2.24, 2.45) is 5.92 Å². The van der Waals surface area contributed by atoms with Crippen LogP contribution in [0.5, 0.6) is 5.75 Å². The molecular weight excluding hydrogens is 276 g/mol. The lowest BCUT2D eigenvalue weighted by molar-refractivity contribution is 0.0533. The summed E-state index contributed by atoms with van der Waals surface area (Å²) in [5.41, 5.74) is 6.44.